The van der Waals surface area contributed by atoms with Gasteiger partial charge in [-0.2, -0.15) is 0 Å². The lowest BCUT2D eigenvalue weighted by Crippen LogP contribution is -2.15. The van der Waals surface area contributed by atoms with Gasteiger partial charge in [0.2, 0.25) is 0 Å². The van der Waals surface area contributed by atoms with Crippen molar-refractivity contribution in [1.29, 1.82) is 0 Å². The Kier molecular flexibility index (Phi) is 4.83. The molecule has 20 heavy (non-hydrogen) atoms. The van der Waals surface area contributed by atoms with Crippen LogP contribution in [0.25, 0.3) is 0 Å². The van der Waals surface area contributed by atoms with Gasteiger partial charge >= 0.3 is 0 Å². The topological polar surface area (TPSA) is 38.9 Å². The van der Waals surface area contributed by atoms with Crippen LogP contribution in [0.2, 0.25) is 0 Å². The summed E-state index contributed by atoms with van der Waals surface area (Å²) in [5.41, 5.74) is 8.57. The quantitative estimate of drug-likeness (QED) is 0.856. The summed E-state index contributed by atoms with van der Waals surface area (Å²) in [6.07, 6.45) is 3.20. The van der Waals surface area contributed by atoms with Crippen molar-refractivity contribution in [2.75, 3.05) is 0 Å². The Morgan fingerprint density at radius 1 is 1.25 bits per heavy atom. The van der Waals surface area contributed by atoms with Crippen molar-refractivity contribution in [3.8, 4) is 0 Å². The summed E-state index contributed by atoms with van der Waals surface area (Å²) >= 11 is 3.05. The molecule has 2 aromatic rings. The monoisotopic (exact) mass is 340 g/mol. The molecule has 0 aliphatic rings. The van der Waals surface area contributed by atoms with E-state index in [1.165, 1.54) is 6.07 Å². The average molecular weight is 341 g/mol. The van der Waals surface area contributed by atoms with E-state index in [-0.39, 0.29) is 4.47 Å². The zero-order valence-corrected chi connectivity index (χ0v) is 12.6. The lowest BCUT2D eigenvalue weighted by atomic mass is 10.0. The summed E-state index contributed by atoms with van der Waals surface area (Å²) in [5.74, 6) is -1.80. The summed E-state index contributed by atoms with van der Waals surface area (Å²) in [5, 5.41) is 0. The maximum absolute atomic E-state index is 13.5. The summed E-state index contributed by atoms with van der Waals surface area (Å²) in [4.78, 5) is 4.32. The molecule has 0 spiro atoms. The number of halogens is 3. The maximum Gasteiger partial charge on any atom is 0.173 e. The van der Waals surface area contributed by atoms with Crippen LogP contribution in [0.15, 0.2) is 34.9 Å². The number of hydrogen-bond donors (Lipinski definition) is 1. The lowest BCUT2D eigenvalue weighted by Gasteiger charge is -2.14. The molecule has 0 bridgehead atoms. The van der Waals surface area contributed by atoms with Gasteiger partial charge in [0.25, 0.3) is 0 Å². The fourth-order valence-corrected chi connectivity index (χ4v) is 2.56. The van der Waals surface area contributed by atoms with Gasteiger partial charge in [-0.1, -0.05) is 19.1 Å². The van der Waals surface area contributed by atoms with Gasteiger partial charge in [-0.05, 0) is 45.6 Å². The summed E-state index contributed by atoms with van der Waals surface area (Å²) in [7, 11) is 0. The second kappa shape index (κ2) is 6.41. The van der Waals surface area contributed by atoms with Gasteiger partial charge < -0.3 is 5.73 Å². The highest BCUT2D eigenvalue weighted by molar-refractivity contribution is 9.10. The van der Waals surface area contributed by atoms with E-state index in [1.54, 1.807) is 0 Å². The number of rotatable bonds is 4. The molecule has 1 atom stereocenters. The number of nitrogens with zero attached hydrogens (tertiary/aromatic N) is 1. The molecule has 1 unspecified atom stereocenters. The van der Waals surface area contributed by atoms with E-state index in [0.717, 1.165) is 23.7 Å². The number of nitrogens with two attached hydrogens (primary N) is 1. The van der Waals surface area contributed by atoms with E-state index in [9.17, 15) is 8.78 Å². The van der Waals surface area contributed by atoms with Gasteiger partial charge in [0.15, 0.2) is 11.6 Å². The summed E-state index contributed by atoms with van der Waals surface area (Å²) < 4.78 is 26.6. The van der Waals surface area contributed by atoms with Crippen molar-refractivity contribution in [2.45, 2.75) is 25.8 Å². The first-order valence-electron chi connectivity index (χ1n) is 6.35. The average Bonchev–Trinajstić information content (AvgIpc) is 2.45. The van der Waals surface area contributed by atoms with Gasteiger partial charge in [-0.15, -0.1) is 0 Å². The lowest BCUT2D eigenvalue weighted by molar-refractivity contribution is 0.499. The first kappa shape index (κ1) is 15.1. The van der Waals surface area contributed by atoms with Crippen LogP contribution in [-0.4, -0.2) is 4.98 Å². The van der Waals surface area contributed by atoms with Crippen molar-refractivity contribution < 1.29 is 8.78 Å². The third-order valence-electron chi connectivity index (χ3n) is 3.19. The highest BCUT2D eigenvalue weighted by atomic mass is 79.9. The highest BCUT2D eigenvalue weighted by Crippen LogP contribution is 2.28. The molecule has 106 valence electrons. The highest BCUT2D eigenvalue weighted by Gasteiger charge is 2.17. The fourth-order valence-electron chi connectivity index (χ4n) is 1.95. The van der Waals surface area contributed by atoms with E-state index >= 15 is 0 Å². The molecule has 0 saturated carbocycles. The molecule has 0 radical (unpaired) electrons. The van der Waals surface area contributed by atoms with E-state index < -0.39 is 17.7 Å². The second-order valence-electron chi connectivity index (χ2n) is 4.59. The predicted molar refractivity (Wildman–Crippen MR) is 78.3 cm³/mol. The second-order valence-corrected chi connectivity index (χ2v) is 5.38. The van der Waals surface area contributed by atoms with Crippen molar-refractivity contribution in [3.05, 3.63) is 63.4 Å². The molecule has 0 aliphatic heterocycles. The predicted octanol–water partition coefficient (Wildman–Crippen LogP) is 3.93. The van der Waals surface area contributed by atoms with Crippen LogP contribution in [-0.2, 0) is 12.8 Å². The molecule has 1 heterocycles. The van der Waals surface area contributed by atoms with Crippen molar-refractivity contribution in [3.63, 3.8) is 0 Å². The van der Waals surface area contributed by atoms with Crippen LogP contribution in [0.5, 0.6) is 0 Å². The third-order valence-corrected chi connectivity index (χ3v) is 3.99. The fraction of sp³-hybridized carbons (Fsp3) is 0.267. The first-order valence-corrected chi connectivity index (χ1v) is 7.15. The molecular weight excluding hydrogens is 326 g/mol. The number of aryl methyl sites for hydroxylation is 1. The van der Waals surface area contributed by atoms with E-state index in [4.69, 9.17) is 5.73 Å². The van der Waals surface area contributed by atoms with Crippen LogP contribution in [0.3, 0.4) is 0 Å². The number of benzene rings is 1. The molecule has 1 aromatic carbocycles. The Morgan fingerprint density at radius 2 is 2.00 bits per heavy atom. The van der Waals surface area contributed by atoms with Crippen LogP contribution < -0.4 is 5.73 Å². The minimum Gasteiger partial charge on any atom is -0.324 e. The third kappa shape index (κ3) is 3.22. The smallest absolute Gasteiger partial charge is 0.173 e. The largest absolute Gasteiger partial charge is 0.324 e. The Labute approximate surface area is 125 Å². The maximum atomic E-state index is 13.5. The number of aromatic nitrogens is 1. The molecule has 2 N–H and O–H groups in total. The van der Waals surface area contributed by atoms with Crippen molar-refractivity contribution in [2.24, 2.45) is 5.73 Å². The molecule has 0 amide bonds. The molecule has 5 heteroatoms. The zero-order chi connectivity index (χ0) is 14.7. The SMILES string of the molecule is CCc1ccc(CC(N)c2ccc(F)c(F)c2Br)nc1. The standard InChI is InChI=1S/C15H15BrF2N2/c1-2-9-3-4-10(20-8-9)7-13(19)11-5-6-12(17)15(18)14(11)16/h3-6,8,13H,2,7,19H2,1H3. The minimum absolute atomic E-state index is 0.0789. The number of pyridine rings is 1. The molecule has 0 fully saturated rings. The van der Waals surface area contributed by atoms with Gasteiger partial charge in [0.1, 0.15) is 0 Å². The Hall–Kier alpha value is -1.33. The zero-order valence-electron chi connectivity index (χ0n) is 11.0. The van der Waals surface area contributed by atoms with Crippen LogP contribution in [0, 0.1) is 11.6 Å². The molecular formula is C15H15BrF2N2. The van der Waals surface area contributed by atoms with Crippen LogP contribution >= 0.6 is 15.9 Å². The van der Waals surface area contributed by atoms with E-state index in [1.807, 2.05) is 18.3 Å². The Bertz CT molecular complexity index is 600. The van der Waals surface area contributed by atoms with E-state index in [2.05, 4.69) is 27.8 Å². The van der Waals surface area contributed by atoms with Gasteiger partial charge in [0, 0.05) is 24.4 Å². The molecule has 0 aliphatic carbocycles. The van der Waals surface area contributed by atoms with Crippen molar-refractivity contribution >= 4 is 15.9 Å². The van der Waals surface area contributed by atoms with Crippen LogP contribution in [0.4, 0.5) is 8.78 Å². The Balaban J connectivity index is 2.19. The summed E-state index contributed by atoms with van der Waals surface area (Å²) in [6.45, 7) is 2.06. The van der Waals surface area contributed by atoms with E-state index in [0.29, 0.717) is 12.0 Å². The van der Waals surface area contributed by atoms with Crippen LogP contribution in [0.1, 0.15) is 29.8 Å². The molecule has 2 nitrogen and oxygen atoms in total. The molecule has 2 rings (SSSR count). The number of hydrogen-bond acceptors (Lipinski definition) is 2. The van der Waals surface area contributed by atoms with Gasteiger partial charge in [-0.3, -0.25) is 4.98 Å². The first-order chi connectivity index (χ1) is 9.52. The molecule has 0 saturated heterocycles. The van der Waals surface area contributed by atoms with Gasteiger partial charge in [0.05, 0.1) is 4.47 Å². The molecule has 1 aromatic heterocycles. The normalized spacial score (nSPS) is 12.4. The Morgan fingerprint density at radius 3 is 2.60 bits per heavy atom. The minimum atomic E-state index is -0.910. The van der Waals surface area contributed by atoms with Gasteiger partial charge in [-0.25, -0.2) is 8.78 Å². The summed E-state index contributed by atoms with van der Waals surface area (Å²) in [6, 6.07) is 6.04. The van der Waals surface area contributed by atoms with Crippen molar-refractivity contribution in [1.82, 2.24) is 4.98 Å².